The van der Waals surface area contributed by atoms with Gasteiger partial charge < -0.3 is 10.8 Å². The highest BCUT2D eigenvalue weighted by Gasteiger charge is 2.09. The van der Waals surface area contributed by atoms with Gasteiger partial charge in [-0.3, -0.25) is 9.78 Å². The van der Waals surface area contributed by atoms with Gasteiger partial charge in [-0.1, -0.05) is 0 Å². The third kappa shape index (κ3) is 2.32. The maximum atomic E-state index is 10.3. The summed E-state index contributed by atoms with van der Waals surface area (Å²) in [6.07, 6.45) is 3.14. The van der Waals surface area contributed by atoms with Gasteiger partial charge in [0, 0.05) is 18.4 Å². The van der Waals surface area contributed by atoms with Gasteiger partial charge in [0.1, 0.15) is 0 Å². The molecule has 0 amide bonds. The zero-order chi connectivity index (χ0) is 8.97. The molecular formula is C8H10N2O2. The number of carboxylic acids is 1. The summed E-state index contributed by atoms with van der Waals surface area (Å²) in [5.74, 6) is -0.890. The Bertz CT molecular complexity index is 261. The zero-order valence-corrected chi connectivity index (χ0v) is 6.47. The number of carboxylic acid groups (broad SMARTS) is 1. The van der Waals surface area contributed by atoms with Gasteiger partial charge in [0.25, 0.3) is 0 Å². The fourth-order valence-electron chi connectivity index (χ4n) is 0.917. The second kappa shape index (κ2) is 3.82. The molecule has 0 fully saturated rings. The molecule has 0 bridgehead atoms. The fourth-order valence-corrected chi connectivity index (χ4v) is 0.917. The van der Waals surface area contributed by atoms with Gasteiger partial charge >= 0.3 is 5.97 Å². The van der Waals surface area contributed by atoms with E-state index in [9.17, 15) is 4.79 Å². The molecule has 1 aromatic rings. The van der Waals surface area contributed by atoms with E-state index in [0.717, 1.165) is 5.56 Å². The average Bonchev–Trinajstić information content (AvgIpc) is 2.05. The summed E-state index contributed by atoms with van der Waals surface area (Å²) in [6.45, 7) is 0. The van der Waals surface area contributed by atoms with E-state index in [1.807, 2.05) is 0 Å². The summed E-state index contributed by atoms with van der Waals surface area (Å²) in [7, 11) is 0. The maximum Gasteiger partial charge on any atom is 0.305 e. The fraction of sp³-hybridized carbons (Fsp3) is 0.250. The van der Waals surface area contributed by atoms with Crippen molar-refractivity contribution < 1.29 is 9.90 Å². The van der Waals surface area contributed by atoms with Crippen molar-refractivity contribution in [2.45, 2.75) is 12.5 Å². The number of rotatable bonds is 3. The van der Waals surface area contributed by atoms with Crippen molar-refractivity contribution in [1.82, 2.24) is 4.98 Å². The van der Waals surface area contributed by atoms with Crippen molar-refractivity contribution in [2.24, 2.45) is 5.73 Å². The van der Waals surface area contributed by atoms with E-state index in [1.54, 1.807) is 24.5 Å². The lowest BCUT2D eigenvalue weighted by Gasteiger charge is -2.07. The Morgan fingerprint density at radius 1 is 1.58 bits per heavy atom. The Morgan fingerprint density at radius 2 is 2.17 bits per heavy atom. The lowest BCUT2D eigenvalue weighted by molar-refractivity contribution is -0.137. The summed E-state index contributed by atoms with van der Waals surface area (Å²) < 4.78 is 0. The van der Waals surface area contributed by atoms with Crippen LogP contribution in [0.5, 0.6) is 0 Å². The minimum absolute atomic E-state index is 0.0516. The predicted octanol–water partition coefficient (Wildman–Crippen LogP) is 0.556. The van der Waals surface area contributed by atoms with Crippen LogP contribution < -0.4 is 5.73 Å². The summed E-state index contributed by atoms with van der Waals surface area (Å²) in [5, 5.41) is 8.45. The molecule has 0 aromatic carbocycles. The lowest BCUT2D eigenvalue weighted by atomic mass is 10.1. The second-order valence-electron chi connectivity index (χ2n) is 2.48. The van der Waals surface area contributed by atoms with E-state index in [2.05, 4.69) is 4.98 Å². The van der Waals surface area contributed by atoms with Gasteiger partial charge in [-0.2, -0.15) is 0 Å². The summed E-state index contributed by atoms with van der Waals surface area (Å²) >= 11 is 0. The predicted molar refractivity (Wildman–Crippen MR) is 43.4 cm³/mol. The number of nitrogens with zero attached hydrogens (tertiary/aromatic N) is 1. The third-order valence-corrected chi connectivity index (χ3v) is 1.53. The minimum atomic E-state index is -0.890. The molecule has 0 aliphatic carbocycles. The van der Waals surface area contributed by atoms with Crippen molar-refractivity contribution in [3.63, 3.8) is 0 Å². The summed E-state index contributed by atoms with van der Waals surface area (Å²) in [5.41, 5.74) is 6.39. The first kappa shape index (κ1) is 8.67. The van der Waals surface area contributed by atoms with Crippen LogP contribution in [0, 0.1) is 0 Å². The van der Waals surface area contributed by atoms with Crippen molar-refractivity contribution in [3.05, 3.63) is 30.1 Å². The number of aliphatic carboxylic acids is 1. The highest BCUT2D eigenvalue weighted by atomic mass is 16.4. The van der Waals surface area contributed by atoms with Gasteiger partial charge in [0.15, 0.2) is 0 Å². The molecule has 0 spiro atoms. The monoisotopic (exact) mass is 166 g/mol. The maximum absolute atomic E-state index is 10.3. The first-order chi connectivity index (χ1) is 5.70. The molecule has 1 rings (SSSR count). The van der Waals surface area contributed by atoms with Crippen LogP contribution in [-0.2, 0) is 4.79 Å². The number of carbonyl (C=O) groups is 1. The molecule has 1 aromatic heterocycles. The molecule has 4 nitrogen and oxygen atoms in total. The van der Waals surface area contributed by atoms with Gasteiger partial charge in [0.2, 0.25) is 0 Å². The Balaban J connectivity index is 2.65. The van der Waals surface area contributed by atoms with Crippen LogP contribution >= 0.6 is 0 Å². The standard InChI is InChI=1S/C8H10N2O2/c9-7(5-8(11)12)6-1-3-10-4-2-6/h1-4,7H,5,9H2,(H,11,12). The topological polar surface area (TPSA) is 76.2 Å². The molecule has 0 aliphatic heterocycles. The molecule has 0 saturated carbocycles. The third-order valence-electron chi connectivity index (χ3n) is 1.53. The highest BCUT2D eigenvalue weighted by Crippen LogP contribution is 2.11. The Kier molecular flexibility index (Phi) is 2.76. The van der Waals surface area contributed by atoms with E-state index in [0.29, 0.717) is 0 Å². The van der Waals surface area contributed by atoms with Crippen LogP contribution in [0.1, 0.15) is 18.0 Å². The first-order valence-corrected chi connectivity index (χ1v) is 3.57. The van der Waals surface area contributed by atoms with E-state index >= 15 is 0 Å². The van der Waals surface area contributed by atoms with Crippen molar-refractivity contribution in [1.29, 1.82) is 0 Å². The Hall–Kier alpha value is -1.42. The Morgan fingerprint density at radius 3 is 2.67 bits per heavy atom. The van der Waals surface area contributed by atoms with Crippen LogP contribution in [-0.4, -0.2) is 16.1 Å². The molecule has 4 heteroatoms. The number of hydrogen-bond acceptors (Lipinski definition) is 3. The van der Waals surface area contributed by atoms with Crippen LogP contribution in [0.15, 0.2) is 24.5 Å². The molecular weight excluding hydrogens is 156 g/mol. The lowest BCUT2D eigenvalue weighted by Crippen LogP contribution is -2.14. The van der Waals surface area contributed by atoms with Crippen LogP contribution in [0.3, 0.4) is 0 Å². The quantitative estimate of drug-likeness (QED) is 0.687. The van der Waals surface area contributed by atoms with Crippen LogP contribution in [0.25, 0.3) is 0 Å². The van der Waals surface area contributed by atoms with Gasteiger partial charge in [-0.25, -0.2) is 0 Å². The Labute approximate surface area is 70.0 Å². The number of nitrogens with two attached hydrogens (primary N) is 1. The molecule has 0 saturated heterocycles. The van der Waals surface area contributed by atoms with E-state index in [4.69, 9.17) is 10.8 Å². The number of pyridine rings is 1. The number of aromatic nitrogens is 1. The molecule has 64 valence electrons. The van der Waals surface area contributed by atoms with Crippen LogP contribution in [0.4, 0.5) is 0 Å². The van der Waals surface area contributed by atoms with Gasteiger partial charge in [-0.15, -0.1) is 0 Å². The second-order valence-corrected chi connectivity index (χ2v) is 2.48. The van der Waals surface area contributed by atoms with E-state index in [-0.39, 0.29) is 6.42 Å². The molecule has 12 heavy (non-hydrogen) atoms. The molecule has 1 unspecified atom stereocenters. The highest BCUT2D eigenvalue weighted by molar-refractivity contribution is 5.67. The zero-order valence-electron chi connectivity index (χ0n) is 6.47. The molecule has 1 atom stereocenters. The van der Waals surface area contributed by atoms with E-state index < -0.39 is 12.0 Å². The minimum Gasteiger partial charge on any atom is -0.481 e. The molecule has 1 heterocycles. The average molecular weight is 166 g/mol. The van der Waals surface area contributed by atoms with Crippen molar-refractivity contribution in [2.75, 3.05) is 0 Å². The molecule has 0 radical (unpaired) electrons. The summed E-state index contributed by atoms with van der Waals surface area (Å²) in [6, 6.07) is 2.99. The molecule has 0 aliphatic rings. The summed E-state index contributed by atoms with van der Waals surface area (Å²) in [4.78, 5) is 14.1. The SMILES string of the molecule is NC(CC(=O)O)c1ccncc1. The van der Waals surface area contributed by atoms with Gasteiger partial charge in [-0.05, 0) is 17.7 Å². The van der Waals surface area contributed by atoms with E-state index in [1.165, 1.54) is 0 Å². The van der Waals surface area contributed by atoms with Crippen LogP contribution in [0.2, 0.25) is 0 Å². The molecule has 3 N–H and O–H groups in total. The normalized spacial score (nSPS) is 12.4. The van der Waals surface area contributed by atoms with Crippen molar-refractivity contribution in [3.8, 4) is 0 Å². The van der Waals surface area contributed by atoms with Gasteiger partial charge in [0.05, 0.1) is 6.42 Å². The van der Waals surface area contributed by atoms with Crippen molar-refractivity contribution >= 4 is 5.97 Å². The largest absolute Gasteiger partial charge is 0.481 e. The first-order valence-electron chi connectivity index (χ1n) is 3.57. The smallest absolute Gasteiger partial charge is 0.305 e. The number of hydrogen-bond donors (Lipinski definition) is 2.